The second-order valence-corrected chi connectivity index (χ2v) is 13.7. The molecule has 0 saturated heterocycles. The second kappa shape index (κ2) is 22.9. The third-order valence-electron chi connectivity index (χ3n) is 8.81. The Labute approximate surface area is 291 Å². The molecule has 0 aromatic heterocycles. The molecule has 47 heavy (non-hydrogen) atoms. The van der Waals surface area contributed by atoms with Gasteiger partial charge in [-0.15, -0.1) is 12.4 Å². The van der Waals surface area contributed by atoms with Gasteiger partial charge >= 0.3 is 0 Å². The molecule has 0 heterocycles. The Bertz CT molecular complexity index is 1110. The molecule has 0 aliphatic heterocycles. The molecule has 3 atom stereocenters. The number of aliphatic hydroxyl groups is 1. The lowest BCUT2D eigenvalue weighted by molar-refractivity contribution is -0.136. The number of nitrogens with zero attached hydrogens (tertiary/aromatic N) is 1. The zero-order valence-corrected chi connectivity index (χ0v) is 30.3. The quantitative estimate of drug-likeness (QED) is 0.113. The first-order chi connectivity index (χ1) is 22.0. The van der Waals surface area contributed by atoms with Crippen molar-refractivity contribution in [1.82, 2.24) is 20.9 Å². The Morgan fingerprint density at radius 1 is 0.979 bits per heavy atom. The summed E-state index contributed by atoms with van der Waals surface area (Å²) in [6, 6.07) is 0.787. The number of aromatic hydroxyl groups is 1. The van der Waals surface area contributed by atoms with Crippen molar-refractivity contribution in [2.75, 3.05) is 38.8 Å². The van der Waals surface area contributed by atoms with Gasteiger partial charge in [0.15, 0.2) is 0 Å². The van der Waals surface area contributed by atoms with Crippen molar-refractivity contribution in [2.45, 2.75) is 109 Å². The predicted molar refractivity (Wildman–Crippen MR) is 191 cm³/mol. The van der Waals surface area contributed by atoms with Gasteiger partial charge in [-0.25, -0.2) is 0 Å². The minimum Gasteiger partial charge on any atom is -0.508 e. The SMILES string of the molecule is CSCC[C@@H](NC(=O)[C@@H](N)Cc1c(C)cc(O)cc1C)C(=O)NCC(=O)N[C@@H](CC1CCCCC1)C(=O)N(C)CCCCCCO.Cl. The summed E-state index contributed by atoms with van der Waals surface area (Å²) in [4.78, 5) is 54.4. The maximum Gasteiger partial charge on any atom is 0.244 e. The number of nitrogens with two attached hydrogens (primary N) is 1. The van der Waals surface area contributed by atoms with Crippen LogP contribution >= 0.6 is 24.2 Å². The minimum atomic E-state index is -0.909. The van der Waals surface area contributed by atoms with Crippen molar-refractivity contribution in [3.63, 3.8) is 0 Å². The number of aryl methyl sites for hydroxylation is 2. The summed E-state index contributed by atoms with van der Waals surface area (Å²) in [5.41, 5.74) is 8.76. The van der Waals surface area contributed by atoms with E-state index in [0.717, 1.165) is 68.1 Å². The van der Waals surface area contributed by atoms with Crippen LogP contribution in [0, 0.1) is 19.8 Å². The van der Waals surface area contributed by atoms with Crippen LogP contribution in [0.3, 0.4) is 0 Å². The molecule has 13 heteroatoms. The van der Waals surface area contributed by atoms with Crippen molar-refractivity contribution in [3.05, 3.63) is 28.8 Å². The number of likely N-dealkylation sites (N-methyl/N-ethyl adjacent to an activating group) is 1. The molecular formula is C34H58ClN5O6S. The van der Waals surface area contributed by atoms with E-state index in [4.69, 9.17) is 10.8 Å². The van der Waals surface area contributed by atoms with Gasteiger partial charge in [-0.05, 0) is 92.7 Å². The van der Waals surface area contributed by atoms with Crippen LogP contribution in [0.25, 0.3) is 0 Å². The van der Waals surface area contributed by atoms with Crippen LogP contribution < -0.4 is 21.7 Å². The van der Waals surface area contributed by atoms with E-state index < -0.39 is 35.8 Å². The van der Waals surface area contributed by atoms with E-state index in [0.29, 0.717) is 31.1 Å². The van der Waals surface area contributed by atoms with Crippen LogP contribution in [0.5, 0.6) is 5.75 Å². The number of carbonyl (C=O) groups excluding carboxylic acids is 4. The third-order valence-corrected chi connectivity index (χ3v) is 9.46. The predicted octanol–water partition coefficient (Wildman–Crippen LogP) is 3.12. The minimum absolute atomic E-state index is 0. The molecular weight excluding hydrogens is 642 g/mol. The summed E-state index contributed by atoms with van der Waals surface area (Å²) in [5, 5.41) is 27.1. The summed E-state index contributed by atoms with van der Waals surface area (Å²) >= 11 is 1.54. The zero-order valence-electron chi connectivity index (χ0n) is 28.6. The summed E-state index contributed by atoms with van der Waals surface area (Å²) in [7, 11) is 1.75. The van der Waals surface area contributed by atoms with Gasteiger partial charge in [-0.3, -0.25) is 19.2 Å². The van der Waals surface area contributed by atoms with Crippen molar-refractivity contribution in [3.8, 4) is 5.75 Å². The third kappa shape index (κ3) is 15.5. The van der Waals surface area contributed by atoms with Crippen LogP contribution in [-0.2, 0) is 25.6 Å². The number of amides is 4. The highest BCUT2D eigenvalue weighted by atomic mass is 35.5. The Morgan fingerprint density at radius 3 is 2.23 bits per heavy atom. The maximum absolute atomic E-state index is 13.4. The molecule has 0 unspecified atom stereocenters. The standard InChI is InChI=1S/C34H57N5O6S.ClH/c1-23-18-26(41)19-24(2)27(23)21-28(35)32(43)38-29(14-17-46-4)33(44)36-22-31(42)37-30(20-25-12-8-7-9-13-25)34(45)39(3)15-10-5-6-11-16-40;/h18-19,25,28-30,40-41H,5-17,20-22,35H2,1-4H3,(H,36,44)(H,37,42)(H,38,43);1H/t28-,29+,30-;/m0./s1. The Hall–Kier alpha value is -2.54. The average molecular weight is 700 g/mol. The molecule has 4 amide bonds. The number of aliphatic hydroxyl groups excluding tert-OH is 1. The highest BCUT2D eigenvalue weighted by Crippen LogP contribution is 2.28. The van der Waals surface area contributed by atoms with E-state index in [1.165, 1.54) is 18.2 Å². The molecule has 1 aromatic rings. The molecule has 1 aliphatic carbocycles. The first-order valence-electron chi connectivity index (χ1n) is 16.7. The molecule has 1 fully saturated rings. The van der Waals surface area contributed by atoms with Gasteiger partial charge in [0.2, 0.25) is 23.6 Å². The molecule has 1 aliphatic rings. The first-order valence-corrected chi connectivity index (χ1v) is 18.1. The molecule has 0 radical (unpaired) electrons. The van der Waals surface area contributed by atoms with Crippen LogP contribution in [-0.4, -0.2) is 95.6 Å². The van der Waals surface area contributed by atoms with Crippen LogP contribution in [0.4, 0.5) is 0 Å². The average Bonchev–Trinajstić information content (AvgIpc) is 3.02. The van der Waals surface area contributed by atoms with Crippen LogP contribution in [0.15, 0.2) is 12.1 Å². The fourth-order valence-electron chi connectivity index (χ4n) is 6.09. The molecule has 1 aromatic carbocycles. The first kappa shape index (κ1) is 42.5. The van der Waals surface area contributed by atoms with Gasteiger partial charge < -0.3 is 36.8 Å². The second-order valence-electron chi connectivity index (χ2n) is 12.7. The number of carbonyl (C=O) groups is 4. The number of benzene rings is 1. The van der Waals surface area contributed by atoms with Gasteiger partial charge in [-0.2, -0.15) is 11.8 Å². The van der Waals surface area contributed by atoms with Gasteiger partial charge in [-0.1, -0.05) is 44.9 Å². The normalized spacial score (nSPS) is 15.1. The molecule has 1 saturated carbocycles. The summed E-state index contributed by atoms with van der Waals surface area (Å²) in [5.74, 6) is -0.432. The number of phenols is 1. The van der Waals surface area contributed by atoms with Crippen LogP contribution in [0.2, 0.25) is 0 Å². The molecule has 2 rings (SSSR count). The lowest BCUT2D eigenvalue weighted by Crippen LogP contribution is -2.54. The summed E-state index contributed by atoms with van der Waals surface area (Å²) < 4.78 is 0. The molecule has 0 bridgehead atoms. The van der Waals surface area contributed by atoms with Gasteiger partial charge in [0.05, 0.1) is 12.6 Å². The fourth-order valence-corrected chi connectivity index (χ4v) is 6.56. The number of thioether (sulfide) groups is 1. The number of hydrogen-bond donors (Lipinski definition) is 6. The number of hydrogen-bond acceptors (Lipinski definition) is 8. The number of unbranched alkanes of at least 4 members (excludes halogenated alkanes) is 3. The Morgan fingerprint density at radius 2 is 1.62 bits per heavy atom. The number of halogens is 1. The highest BCUT2D eigenvalue weighted by molar-refractivity contribution is 7.98. The van der Waals surface area contributed by atoms with E-state index in [-0.39, 0.29) is 43.6 Å². The van der Waals surface area contributed by atoms with E-state index in [9.17, 15) is 24.3 Å². The molecule has 11 nitrogen and oxygen atoms in total. The highest BCUT2D eigenvalue weighted by Gasteiger charge is 2.29. The van der Waals surface area contributed by atoms with E-state index in [1.807, 2.05) is 20.1 Å². The Balaban J connectivity index is 0.0000110. The fraction of sp³-hybridized carbons (Fsp3) is 0.706. The van der Waals surface area contributed by atoms with Gasteiger partial charge in [0.25, 0.3) is 0 Å². The lowest BCUT2D eigenvalue weighted by atomic mass is 9.84. The van der Waals surface area contributed by atoms with Gasteiger partial charge in [0.1, 0.15) is 17.8 Å². The zero-order chi connectivity index (χ0) is 34.1. The molecule has 0 spiro atoms. The smallest absolute Gasteiger partial charge is 0.244 e. The van der Waals surface area contributed by atoms with Crippen molar-refractivity contribution in [2.24, 2.45) is 11.7 Å². The van der Waals surface area contributed by atoms with Crippen LogP contribution in [0.1, 0.15) is 87.3 Å². The Kier molecular flexibility index (Phi) is 20.7. The number of nitrogens with one attached hydrogen (secondary N) is 3. The largest absolute Gasteiger partial charge is 0.508 e. The van der Waals surface area contributed by atoms with Crippen molar-refractivity contribution in [1.29, 1.82) is 0 Å². The summed E-state index contributed by atoms with van der Waals surface area (Å²) in [6.45, 7) is 4.11. The van der Waals surface area contributed by atoms with E-state index in [2.05, 4.69) is 16.0 Å². The van der Waals surface area contributed by atoms with Crippen molar-refractivity contribution < 1.29 is 29.4 Å². The lowest BCUT2D eigenvalue weighted by Gasteiger charge is -2.29. The van der Waals surface area contributed by atoms with Gasteiger partial charge in [0, 0.05) is 20.2 Å². The van der Waals surface area contributed by atoms with E-state index in [1.54, 1.807) is 24.1 Å². The molecule has 7 N–H and O–H groups in total. The van der Waals surface area contributed by atoms with E-state index >= 15 is 0 Å². The monoisotopic (exact) mass is 699 g/mol. The number of phenolic OH excluding ortho intramolecular Hbond substituents is 1. The topological polar surface area (TPSA) is 174 Å². The van der Waals surface area contributed by atoms with Crippen molar-refractivity contribution >= 4 is 47.8 Å². The summed E-state index contributed by atoms with van der Waals surface area (Å²) in [6.07, 6.45) is 12.0. The number of rotatable bonds is 20. The maximum atomic E-state index is 13.4. The molecule has 268 valence electrons.